The third-order valence-electron chi connectivity index (χ3n) is 4.30. The molecule has 1 fully saturated rings. The molecule has 152 valence electrons. The van der Waals surface area contributed by atoms with Crippen LogP contribution in [0.25, 0.3) is 11.3 Å². The number of hydrogen-bond acceptors (Lipinski definition) is 6. The molecule has 1 amide bonds. The second kappa shape index (κ2) is 9.40. The van der Waals surface area contributed by atoms with Crippen molar-refractivity contribution < 1.29 is 27.8 Å². The van der Waals surface area contributed by atoms with Crippen LogP contribution in [0.1, 0.15) is 24.6 Å². The molecule has 6 nitrogen and oxygen atoms in total. The minimum absolute atomic E-state index is 0.0565. The highest BCUT2D eigenvalue weighted by Crippen LogP contribution is 2.31. The summed E-state index contributed by atoms with van der Waals surface area (Å²) in [5.74, 6) is -0.198. The standard InChI is InChI=1S/C19H22F2N2O4S/c1-11(26-10-15-4-3-9-25-15)17(24)23-19-22-16(12(2)28-19)13-5-7-14(8-6-13)27-18(20)21/h5-8,11,15,18H,3-4,9-10H2,1-2H3,(H,22,23,24). The molecular weight excluding hydrogens is 390 g/mol. The molecular formula is C19H22F2N2O4S. The SMILES string of the molecule is Cc1sc(NC(=O)C(C)OCC2CCCO2)nc1-c1ccc(OC(F)F)cc1. The van der Waals surface area contributed by atoms with E-state index in [1.54, 1.807) is 19.1 Å². The first-order chi connectivity index (χ1) is 13.4. The van der Waals surface area contributed by atoms with Crippen molar-refractivity contribution in [3.63, 3.8) is 0 Å². The van der Waals surface area contributed by atoms with Crippen LogP contribution in [0.3, 0.4) is 0 Å². The van der Waals surface area contributed by atoms with Gasteiger partial charge >= 0.3 is 6.61 Å². The van der Waals surface area contributed by atoms with Gasteiger partial charge in [0.25, 0.3) is 5.91 Å². The zero-order valence-electron chi connectivity index (χ0n) is 15.6. The number of rotatable bonds is 8. The zero-order chi connectivity index (χ0) is 20.1. The van der Waals surface area contributed by atoms with Crippen molar-refractivity contribution >= 4 is 22.4 Å². The van der Waals surface area contributed by atoms with Gasteiger partial charge in [-0.15, -0.1) is 11.3 Å². The summed E-state index contributed by atoms with van der Waals surface area (Å²) >= 11 is 1.34. The zero-order valence-corrected chi connectivity index (χ0v) is 16.4. The average Bonchev–Trinajstić information content (AvgIpc) is 3.29. The summed E-state index contributed by atoms with van der Waals surface area (Å²) in [7, 11) is 0. The van der Waals surface area contributed by atoms with Crippen LogP contribution < -0.4 is 10.1 Å². The highest BCUT2D eigenvalue weighted by molar-refractivity contribution is 7.16. The van der Waals surface area contributed by atoms with Gasteiger partial charge in [0, 0.05) is 17.0 Å². The second-order valence-electron chi connectivity index (χ2n) is 6.43. The summed E-state index contributed by atoms with van der Waals surface area (Å²) in [6.07, 6.45) is 1.40. The van der Waals surface area contributed by atoms with Crippen molar-refractivity contribution in [1.29, 1.82) is 0 Å². The van der Waals surface area contributed by atoms with Crippen LogP contribution in [0, 0.1) is 6.92 Å². The molecule has 3 rings (SSSR count). The number of carbonyl (C=O) groups is 1. The lowest BCUT2D eigenvalue weighted by atomic mass is 10.1. The molecule has 1 saturated heterocycles. The van der Waals surface area contributed by atoms with Crippen molar-refractivity contribution in [3.8, 4) is 17.0 Å². The van der Waals surface area contributed by atoms with Gasteiger partial charge < -0.3 is 14.2 Å². The molecule has 1 aliphatic heterocycles. The summed E-state index contributed by atoms with van der Waals surface area (Å²) in [4.78, 5) is 17.7. The number of nitrogens with one attached hydrogen (secondary N) is 1. The highest BCUT2D eigenvalue weighted by Gasteiger charge is 2.21. The van der Waals surface area contributed by atoms with Crippen LogP contribution in [0.2, 0.25) is 0 Å². The van der Waals surface area contributed by atoms with Crippen molar-refractivity contribution in [1.82, 2.24) is 4.98 Å². The van der Waals surface area contributed by atoms with Gasteiger partial charge in [-0.25, -0.2) is 4.98 Å². The van der Waals surface area contributed by atoms with Crippen LogP contribution in [-0.4, -0.2) is 42.9 Å². The third kappa shape index (κ3) is 5.46. The van der Waals surface area contributed by atoms with Crippen LogP contribution >= 0.6 is 11.3 Å². The summed E-state index contributed by atoms with van der Waals surface area (Å²) in [5, 5.41) is 3.22. The van der Waals surface area contributed by atoms with Crippen molar-refractivity contribution in [2.45, 2.75) is 45.5 Å². The number of aromatic nitrogens is 1. The van der Waals surface area contributed by atoms with Crippen LogP contribution in [0.15, 0.2) is 24.3 Å². The van der Waals surface area contributed by atoms with E-state index < -0.39 is 12.7 Å². The van der Waals surface area contributed by atoms with Crippen molar-refractivity contribution in [3.05, 3.63) is 29.1 Å². The molecule has 1 aromatic carbocycles. The molecule has 0 saturated carbocycles. The Kier molecular flexibility index (Phi) is 6.93. The lowest BCUT2D eigenvalue weighted by molar-refractivity contribution is -0.128. The van der Waals surface area contributed by atoms with Crippen LogP contribution in [0.5, 0.6) is 5.75 Å². The molecule has 2 unspecified atom stereocenters. The van der Waals surface area contributed by atoms with Gasteiger partial charge in [-0.1, -0.05) is 0 Å². The van der Waals surface area contributed by atoms with Crippen LogP contribution in [-0.2, 0) is 14.3 Å². The van der Waals surface area contributed by atoms with E-state index in [2.05, 4.69) is 15.0 Å². The molecule has 9 heteroatoms. The first kappa shape index (κ1) is 20.6. The first-order valence-corrected chi connectivity index (χ1v) is 9.80. The normalized spacial score (nSPS) is 17.7. The first-order valence-electron chi connectivity index (χ1n) is 8.99. The number of hydrogen-bond donors (Lipinski definition) is 1. The Morgan fingerprint density at radius 1 is 1.39 bits per heavy atom. The molecule has 28 heavy (non-hydrogen) atoms. The molecule has 2 heterocycles. The number of halogens is 2. The van der Waals surface area contributed by atoms with Gasteiger partial charge in [-0.05, 0) is 51.0 Å². The lowest BCUT2D eigenvalue weighted by Gasteiger charge is -2.15. The Morgan fingerprint density at radius 3 is 2.79 bits per heavy atom. The van der Waals surface area contributed by atoms with Gasteiger partial charge in [0.15, 0.2) is 5.13 Å². The molecule has 0 radical (unpaired) electrons. The van der Waals surface area contributed by atoms with Gasteiger partial charge in [0.1, 0.15) is 11.9 Å². The third-order valence-corrected chi connectivity index (χ3v) is 5.19. The lowest BCUT2D eigenvalue weighted by Crippen LogP contribution is -2.30. The van der Waals surface area contributed by atoms with Gasteiger partial charge in [-0.3, -0.25) is 10.1 Å². The summed E-state index contributed by atoms with van der Waals surface area (Å²) < 4.78 is 39.9. The Bertz CT molecular complexity index is 792. The number of nitrogens with zero attached hydrogens (tertiary/aromatic N) is 1. The molecule has 1 N–H and O–H groups in total. The Balaban J connectivity index is 1.59. The summed E-state index contributed by atoms with van der Waals surface area (Å²) in [5.41, 5.74) is 1.43. The number of anilines is 1. The number of ether oxygens (including phenoxy) is 3. The maximum Gasteiger partial charge on any atom is 0.387 e. The fourth-order valence-electron chi connectivity index (χ4n) is 2.82. The highest BCUT2D eigenvalue weighted by atomic mass is 32.1. The monoisotopic (exact) mass is 412 g/mol. The topological polar surface area (TPSA) is 69.7 Å². The predicted octanol–water partition coefficient (Wildman–Crippen LogP) is 4.24. The smallest absolute Gasteiger partial charge is 0.387 e. The Labute approximate surface area is 165 Å². The average molecular weight is 412 g/mol. The maximum absolute atomic E-state index is 12.3. The Morgan fingerprint density at radius 2 is 2.14 bits per heavy atom. The largest absolute Gasteiger partial charge is 0.435 e. The predicted molar refractivity (Wildman–Crippen MR) is 102 cm³/mol. The minimum Gasteiger partial charge on any atom is -0.435 e. The molecule has 0 aliphatic carbocycles. The number of aryl methyl sites for hydroxylation is 1. The summed E-state index contributed by atoms with van der Waals surface area (Å²) in [6.45, 7) is 1.84. The quantitative estimate of drug-likeness (QED) is 0.702. The van der Waals surface area contributed by atoms with E-state index in [-0.39, 0.29) is 17.8 Å². The van der Waals surface area contributed by atoms with Gasteiger partial charge in [0.05, 0.1) is 18.4 Å². The van der Waals surface area contributed by atoms with E-state index in [1.165, 1.54) is 23.5 Å². The summed E-state index contributed by atoms with van der Waals surface area (Å²) in [6, 6.07) is 6.22. The molecule has 0 spiro atoms. The van der Waals surface area contributed by atoms with Crippen molar-refractivity contribution in [2.24, 2.45) is 0 Å². The van der Waals surface area contributed by atoms with E-state index in [4.69, 9.17) is 9.47 Å². The molecule has 2 aromatic rings. The minimum atomic E-state index is -2.86. The molecule has 1 aromatic heterocycles. The van der Waals surface area contributed by atoms with E-state index in [0.29, 0.717) is 17.4 Å². The van der Waals surface area contributed by atoms with Crippen LogP contribution in [0.4, 0.5) is 13.9 Å². The number of amides is 1. The number of thiazole rings is 1. The second-order valence-corrected chi connectivity index (χ2v) is 7.63. The Hall–Kier alpha value is -2.10. The molecule has 2 atom stereocenters. The maximum atomic E-state index is 12.3. The molecule has 0 bridgehead atoms. The number of benzene rings is 1. The van der Waals surface area contributed by atoms with E-state index in [0.717, 1.165) is 29.9 Å². The van der Waals surface area contributed by atoms with E-state index in [9.17, 15) is 13.6 Å². The number of alkyl halides is 2. The van der Waals surface area contributed by atoms with Gasteiger partial charge in [-0.2, -0.15) is 8.78 Å². The van der Waals surface area contributed by atoms with E-state index in [1.807, 2.05) is 6.92 Å². The fraction of sp³-hybridized carbons (Fsp3) is 0.474. The van der Waals surface area contributed by atoms with Gasteiger partial charge in [0.2, 0.25) is 0 Å². The molecule has 1 aliphatic rings. The fourth-order valence-corrected chi connectivity index (χ4v) is 3.66. The number of carbonyl (C=O) groups excluding carboxylic acids is 1. The van der Waals surface area contributed by atoms with E-state index >= 15 is 0 Å². The van der Waals surface area contributed by atoms with Crippen molar-refractivity contribution in [2.75, 3.05) is 18.5 Å².